The van der Waals surface area contributed by atoms with Crippen LogP contribution >= 0.6 is 24.0 Å². The summed E-state index contributed by atoms with van der Waals surface area (Å²) in [6.45, 7) is 1.48. The number of thiocarbonyl (C=S) groups is 1. The average Bonchev–Trinajstić information content (AvgIpc) is 3.00. The summed E-state index contributed by atoms with van der Waals surface area (Å²) >= 11 is 6.61. The maximum absolute atomic E-state index is 13.0. The minimum absolute atomic E-state index is 0.0785. The molecule has 1 amide bonds. The van der Waals surface area contributed by atoms with Crippen LogP contribution in [0.25, 0.3) is 6.08 Å². The van der Waals surface area contributed by atoms with E-state index in [0.29, 0.717) is 43.3 Å². The van der Waals surface area contributed by atoms with Gasteiger partial charge in [-0.1, -0.05) is 36.1 Å². The number of ketones is 1. The first kappa shape index (κ1) is 20.9. The summed E-state index contributed by atoms with van der Waals surface area (Å²) in [5.74, 6) is 1.12. The van der Waals surface area contributed by atoms with Gasteiger partial charge in [0.2, 0.25) is 5.75 Å². The van der Waals surface area contributed by atoms with Crippen LogP contribution in [0.1, 0.15) is 22.8 Å². The zero-order chi connectivity index (χ0) is 21.1. The molecule has 0 unspecified atom stereocenters. The van der Waals surface area contributed by atoms with E-state index in [1.165, 1.54) is 44.9 Å². The van der Waals surface area contributed by atoms with Crippen molar-refractivity contribution in [2.75, 3.05) is 26.2 Å². The maximum atomic E-state index is 13.0. The van der Waals surface area contributed by atoms with Crippen LogP contribution < -0.4 is 19.1 Å². The lowest BCUT2D eigenvalue weighted by Gasteiger charge is -2.15. The van der Waals surface area contributed by atoms with Crippen LogP contribution in [0.15, 0.2) is 41.3 Å². The van der Waals surface area contributed by atoms with Gasteiger partial charge in [0.1, 0.15) is 0 Å². The molecule has 1 aliphatic heterocycles. The largest absolute Gasteiger partial charge is 0.493 e. The van der Waals surface area contributed by atoms with Crippen molar-refractivity contribution in [2.24, 2.45) is 0 Å². The fraction of sp³-hybridized carbons (Fsp3) is 0.190. The average molecular weight is 430 g/mol. The van der Waals surface area contributed by atoms with Gasteiger partial charge >= 0.3 is 0 Å². The zero-order valence-corrected chi connectivity index (χ0v) is 18.0. The number of Topliss-reactive ketones (excluding diaryl/α,β-unsaturated/α-hetero) is 1. The number of carbonyl (C=O) groups excluding carboxylic acids is 2. The Hall–Kier alpha value is -2.84. The van der Waals surface area contributed by atoms with Crippen LogP contribution in [0.3, 0.4) is 0 Å². The fourth-order valence-electron chi connectivity index (χ4n) is 2.89. The van der Waals surface area contributed by atoms with E-state index in [1.807, 2.05) is 0 Å². The predicted molar refractivity (Wildman–Crippen MR) is 118 cm³/mol. The van der Waals surface area contributed by atoms with Gasteiger partial charge in [-0.2, -0.15) is 0 Å². The lowest BCUT2D eigenvalue weighted by molar-refractivity contribution is -0.113. The smallest absolute Gasteiger partial charge is 0.270 e. The molecule has 6 nitrogen and oxygen atoms in total. The van der Waals surface area contributed by atoms with Gasteiger partial charge in [-0.15, -0.1) is 0 Å². The second-order valence-electron chi connectivity index (χ2n) is 6.08. The first-order valence-corrected chi connectivity index (χ1v) is 9.81. The summed E-state index contributed by atoms with van der Waals surface area (Å²) < 4.78 is 16.5. The normalized spacial score (nSPS) is 15.0. The number of thioether (sulfide) groups is 1. The SMILES string of the molecule is COc1cc(/C=C2\SC(=S)N(c3cccc(C(C)=O)c3)C2=O)cc(OC)c1OC. The van der Waals surface area contributed by atoms with E-state index in [4.69, 9.17) is 26.4 Å². The van der Waals surface area contributed by atoms with Crippen LogP contribution in [0, 0.1) is 0 Å². The monoisotopic (exact) mass is 429 g/mol. The molecule has 0 bridgehead atoms. The second kappa shape index (κ2) is 8.67. The summed E-state index contributed by atoms with van der Waals surface area (Å²) in [6.07, 6.45) is 1.72. The number of hydrogen-bond acceptors (Lipinski definition) is 7. The summed E-state index contributed by atoms with van der Waals surface area (Å²) in [4.78, 5) is 26.6. The van der Waals surface area contributed by atoms with Gasteiger partial charge in [-0.25, -0.2) is 0 Å². The summed E-state index contributed by atoms with van der Waals surface area (Å²) in [5.41, 5.74) is 1.79. The first-order chi connectivity index (χ1) is 13.9. The Balaban J connectivity index is 1.98. The van der Waals surface area contributed by atoms with Gasteiger partial charge in [0.05, 0.1) is 31.9 Å². The van der Waals surface area contributed by atoms with E-state index >= 15 is 0 Å². The second-order valence-corrected chi connectivity index (χ2v) is 7.76. The molecule has 2 aromatic rings. The zero-order valence-electron chi connectivity index (χ0n) is 16.3. The highest BCUT2D eigenvalue weighted by molar-refractivity contribution is 8.27. The number of ether oxygens (including phenoxy) is 3. The first-order valence-electron chi connectivity index (χ1n) is 8.58. The topological polar surface area (TPSA) is 65.1 Å². The lowest BCUT2D eigenvalue weighted by Crippen LogP contribution is -2.27. The van der Waals surface area contributed by atoms with Crippen molar-refractivity contribution in [3.8, 4) is 17.2 Å². The molecule has 8 heteroatoms. The predicted octanol–water partition coefficient (Wildman–Crippen LogP) is 4.32. The number of anilines is 1. The number of hydrogen-bond donors (Lipinski definition) is 0. The van der Waals surface area contributed by atoms with Crippen molar-refractivity contribution in [3.63, 3.8) is 0 Å². The summed E-state index contributed by atoms with van der Waals surface area (Å²) in [5, 5.41) is 0. The number of methoxy groups -OCH3 is 3. The molecule has 1 heterocycles. The summed E-state index contributed by atoms with van der Waals surface area (Å²) in [7, 11) is 4.59. The van der Waals surface area contributed by atoms with Gasteiger partial charge in [0, 0.05) is 5.56 Å². The Morgan fingerprint density at radius 2 is 1.72 bits per heavy atom. The molecular formula is C21H19NO5S2. The van der Waals surface area contributed by atoms with E-state index in [2.05, 4.69) is 0 Å². The Kier molecular flexibility index (Phi) is 6.24. The Labute approximate surface area is 178 Å². The molecule has 3 rings (SSSR count). The van der Waals surface area contributed by atoms with Crippen LogP contribution in [0.4, 0.5) is 5.69 Å². The standard InChI is InChI=1S/C21H19NO5S2/c1-12(23)14-6-5-7-15(11-14)22-20(24)18(29-21(22)28)10-13-8-16(25-2)19(27-4)17(9-13)26-3/h5-11H,1-4H3/b18-10-. The number of rotatable bonds is 6. The molecule has 0 atom stereocenters. The van der Waals surface area contributed by atoms with E-state index in [9.17, 15) is 9.59 Å². The number of nitrogens with zero attached hydrogens (tertiary/aromatic N) is 1. The molecule has 0 N–H and O–H groups in total. The minimum atomic E-state index is -0.255. The van der Waals surface area contributed by atoms with Gasteiger partial charge in [-0.05, 0) is 42.8 Å². The van der Waals surface area contributed by atoms with Crippen molar-refractivity contribution in [1.82, 2.24) is 0 Å². The molecule has 0 saturated carbocycles. The van der Waals surface area contributed by atoms with E-state index in [0.717, 1.165) is 0 Å². The van der Waals surface area contributed by atoms with E-state index in [-0.39, 0.29) is 11.7 Å². The highest BCUT2D eigenvalue weighted by atomic mass is 32.2. The van der Waals surface area contributed by atoms with Crippen LogP contribution in [-0.4, -0.2) is 37.3 Å². The molecule has 0 aliphatic carbocycles. The van der Waals surface area contributed by atoms with E-state index in [1.54, 1.807) is 42.5 Å². The van der Waals surface area contributed by atoms with Gasteiger partial charge in [-0.3, -0.25) is 14.5 Å². The van der Waals surface area contributed by atoms with Crippen molar-refractivity contribution >= 4 is 51.8 Å². The molecule has 0 radical (unpaired) electrons. The van der Waals surface area contributed by atoms with Crippen LogP contribution in [0.2, 0.25) is 0 Å². The third-order valence-electron chi connectivity index (χ3n) is 4.29. The molecule has 1 fully saturated rings. The number of benzene rings is 2. The van der Waals surface area contributed by atoms with Crippen molar-refractivity contribution in [2.45, 2.75) is 6.92 Å². The number of carbonyl (C=O) groups is 2. The third kappa shape index (κ3) is 4.13. The summed E-state index contributed by atoms with van der Waals surface area (Å²) in [6, 6.07) is 10.4. The van der Waals surface area contributed by atoms with Gasteiger partial charge in [0.25, 0.3) is 5.91 Å². The lowest BCUT2D eigenvalue weighted by atomic mass is 10.1. The van der Waals surface area contributed by atoms with Crippen molar-refractivity contribution < 1.29 is 23.8 Å². The molecule has 29 heavy (non-hydrogen) atoms. The highest BCUT2D eigenvalue weighted by Crippen LogP contribution is 2.41. The van der Waals surface area contributed by atoms with Crippen molar-refractivity contribution in [1.29, 1.82) is 0 Å². The van der Waals surface area contributed by atoms with Gasteiger partial charge in [0.15, 0.2) is 21.6 Å². The number of amides is 1. The van der Waals surface area contributed by atoms with Gasteiger partial charge < -0.3 is 14.2 Å². The highest BCUT2D eigenvalue weighted by Gasteiger charge is 2.33. The molecule has 2 aromatic carbocycles. The maximum Gasteiger partial charge on any atom is 0.270 e. The molecule has 1 aliphatic rings. The van der Waals surface area contributed by atoms with Crippen LogP contribution in [0.5, 0.6) is 17.2 Å². The molecular weight excluding hydrogens is 410 g/mol. The quantitative estimate of drug-likeness (QED) is 0.385. The fourth-order valence-corrected chi connectivity index (χ4v) is 4.19. The molecule has 0 aromatic heterocycles. The molecule has 0 spiro atoms. The minimum Gasteiger partial charge on any atom is -0.493 e. The van der Waals surface area contributed by atoms with Crippen LogP contribution in [-0.2, 0) is 4.79 Å². The Morgan fingerprint density at radius 3 is 2.28 bits per heavy atom. The van der Waals surface area contributed by atoms with E-state index < -0.39 is 0 Å². The molecule has 1 saturated heterocycles. The Morgan fingerprint density at radius 1 is 1.07 bits per heavy atom. The molecule has 150 valence electrons. The third-order valence-corrected chi connectivity index (χ3v) is 5.59. The van der Waals surface area contributed by atoms with Crippen molar-refractivity contribution in [3.05, 3.63) is 52.4 Å². The Bertz CT molecular complexity index is 1010.